The lowest BCUT2D eigenvalue weighted by Crippen LogP contribution is -1.98. The van der Waals surface area contributed by atoms with Crippen LogP contribution in [-0.2, 0) is 0 Å². The monoisotopic (exact) mass is 284 g/mol. The van der Waals surface area contributed by atoms with Gasteiger partial charge in [-0.2, -0.15) is 0 Å². The van der Waals surface area contributed by atoms with Gasteiger partial charge in [0, 0.05) is 11.1 Å². The van der Waals surface area contributed by atoms with Gasteiger partial charge in [0.2, 0.25) is 0 Å². The maximum absolute atomic E-state index is 11.2. The molecule has 0 aliphatic carbocycles. The Morgan fingerprint density at radius 3 is 2.00 bits per heavy atom. The Bertz CT molecular complexity index is 664. The average molecular weight is 284 g/mol. The fraction of sp³-hybridized carbons (Fsp3) is 0.278. The number of carbonyl (C=O) groups is 1. The number of hydrogen-bond donors (Lipinski definition) is 0. The summed E-state index contributed by atoms with van der Waals surface area (Å²) in [5.41, 5.74) is 6.05. The zero-order chi connectivity index (χ0) is 15.6. The molecule has 0 fully saturated rings. The molecule has 0 radical (unpaired) electrons. The smallest absolute Gasteiger partial charge is 0.168 e. The van der Waals surface area contributed by atoms with Gasteiger partial charge in [-0.1, -0.05) is 17.7 Å². The molecule has 0 amide bonds. The van der Waals surface area contributed by atoms with Crippen molar-refractivity contribution in [2.24, 2.45) is 0 Å². The number of aldehydes is 1. The van der Waals surface area contributed by atoms with Gasteiger partial charge in [0.1, 0.15) is 6.29 Å². The van der Waals surface area contributed by atoms with Crippen molar-refractivity contribution >= 4 is 6.29 Å². The Morgan fingerprint density at radius 2 is 1.52 bits per heavy atom. The van der Waals surface area contributed by atoms with Crippen LogP contribution in [0, 0.1) is 20.8 Å². The first-order chi connectivity index (χ1) is 10.0. The summed E-state index contributed by atoms with van der Waals surface area (Å²) in [6.45, 7) is 6.20. The van der Waals surface area contributed by atoms with Gasteiger partial charge < -0.3 is 9.47 Å². The molecule has 3 heteroatoms. The van der Waals surface area contributed by atoms with Crippen molar-refractivity contribution in [1.29, 1.82) is 0 Å². The van der Waals surface area contributed by atoms with Crippen molar-refractivity contribution in [1.82, 2.24) is 0 Å². The highest BCUT2D eigenvalue weighted by Crippen LogP contribution is 2.41. The number of methoxy groups -OCH3 is 2. The summed E-state index contributed by atoms with van der Waals surface area (Å²) in [6.07, 6.45) is 0.824. The summed E-state index contributed by atoms with van der Waals surface area (Å²) in [6, 6.07) is 7.79. The minimum Gasteiger partial charge on any atom is -0.493 e. The lowest BCUT2D eigenvalue weighted by molar-refractivity contribution is 0.112. The SMILES string of the molecule is COc1cc(C=O)cc(-c2c(C)cc(C)cc2C)c1OC. The molecule has 0 aliphatic rings. The van der Waals surface area contributed by atoms with E-state index < -0.39 is 0 Å². The molecule has 0 saturated heterocycles. The van der Waals surface area contributed by atoms with Crippen molar-refractivity contribution in [2.75, 3.05) is 14.2 Å². The fourth-order valence-corrected chi connectivity index (χ4v) is 2.84. The van der Waals surface area contributed by atoms with Crippen molar-refractivity contribution in [2.45, 2.75) is 20.8 Å². The molecule has 0 N–H and O–H groups in total. The van der Waals surface area contributed by atoms with Gasteiger partial charge in [0.05, 0.1) is 14.2 Å². The Labute approximate surface area is 125 Å². The quantitative estimate of drug-likeness (QED) is 0.793. The van der Waals surface area contributed by atoms with Crippen LogP contribution < -0.4 is 9.47 Å². The second-order valence-corrected chi connectivity index (χ2v) is 5.20. The number of aryl methyl sites for hydroxylation is 3. The van der Waals surface area contributed by atoms with Crippen LogP contribution in [-0.4, -0.2) is 20.5 Å². The summed E-state index contributed by atoms with van der Waals surface area (Å²) in [7, 11) is 3.19. The third kappa shape index (κ3) is 2.77. The molecule has 2 rings (SSSR count). The molecule has 2 aromatic carbocycles. The van der Waals surface area contributed by atoms with Gasteiger partial charge in [0.15, 0.2) is 11.5 Å². The third-order valence-electron chi connectivity index (χ3n) is 3.58. The predicted octanol–water partition coefficient (Wildman–Crippen LogP) is 4.11. The lowest BCUT2D eigenvalue weighted by atomic mass is 9.92. The minimum absolute atomic E-state index is 0.566. The van der Waals surface area contributed by atoms with E-state index in [1.807, 2.05) is 6.07 Å². The van der Waals surface area contributed by atoms with Crippen LogP contribution in [0.25, 0.3) is 11.1 Å². The Morgan fingerprint density at radius 1 is 0.905 bits per heavy atom. The summed E-state index contributed by atoms with van der Waals surface area (Å²) in [5, 5.41) is 0. The first-order valence-corrected chi connectivity index (χ1v) is 6.81. The van der Waals surface area contributed by atoms with E-state index in [0.29, 0.717) is 17.1 Å². The molecule has 0 bridgehead atoms. The largest absolute Gasteiger partial charge is 0.493 e. The van der Waals surface area contributed by atoms with Crippen LogP contribution in [0.2, 0.25) is 0 Å². The van der Waals surface area contributed by atoms with Crippen LogP contribution >= 0.6 is 0 Å². The standard InChI is InChI=1S/C18H20O3/c1-11-6-12(2)17(13(3)7-11)15-8-14(10-19)9-16(20-4)18(15)21-5/h6-10H,1-5H3. The van der Waals surface area contributed by atoms with Crippen LogP contribution in [0.5, 0.6) is 11.5 Å². The topological polar surface area (TPSA) is 35.5 Å². The molecule has 0 spiro atoms. The second kappa shape index (κ2) is 6.00. The number of benzene rings is 2. The van der Waals surface area contributed by atoms with Crippen LogP contribution in [0.3, 0.4) is 0 Å². The summed E-state index contributed by atoms with van der Waals surface area (Å²) >= 11 is 0. The summed E-state index contributed by atoms with van der Waals surface area (Å²) < 4.78 is 10.9. The molecule has 0 heterocycles. The molecule has 0 aromatic heterocycles. The maximum Gasteiger partial charge on any atom is 0.168 e. The minimum atomic E-state index is 0.566. The van der Waals surface area contributed by atoms with Crippen LogP contribution in [0.15, 0.2) is 24.3 Å². The van der Waals surface area contributed by atoms with Gasteiger partial charge >= 0.3 is 0 Å². The third-order valence-corrected chi connectivity index (χ3v) is 3.58. The maximum atomic E-state index is 11.2. The van der Waals surface area contributed by atoms with Gasteiger partial charge in [-0.25, -0.2) is 0 Å². The van der Waals surface area contributed by atoms with E-state index in [1.165, 1.54) is 5.56 Å². The summed E-state index contributed by atoms with van der Waals surface area (Å²) in [4.78, 5) is 11.2. The predicted molar refractivity (Wildman–Crippen MR) is 84.6 cm³/mol. The van der Waals surface area contributed by atoms with E-state index in [2.05, 4.69) is 32.9 Å². The Hall–Kier alpha value is -2.29. The Balaban J connectivity index is 2.82. The van der Waals surface area contributed by atoms with Gasteiger partial charge in [-0.05, 0) is 49.6 Å². The van der Waals surface area contributed by atoms with Crippen LogP contribution in [0.1, 0.15) is 27.0 Å². The van der Waals surface area contributed by atoms with Crippen molar-refractivity contribution in [3.8, 4) is 22.6 Å². The van der Waals surface area contributed by atoms with E-state index >= 15 is 0 Å². The molecule has 0 aliphatic heterocycles. The van der Waals surface area contributed by atoms with Crippen LogP contribution in [0.4, 0.5) is 0 Å². The number of rotatable bonds is 4. The van der Waals surface area contributed by atoms with Crippen molar-refractivity contribution in [3.05, 3.63) is 46.5 Å². The first-order valence-electron chi connectivity index (χ1n) is 6.81. The summed E-state index contributed by atoms with van der Waals surface area (Å²) in [5.74, 6) is 1.22. The molecular weight excluding hydrogens is 264 g/mol. The molecular formula is C18H20O3. The highest BCUT2D eigenvalue weighted by molar-refractivity contribution is 5.86. The molecule has 0 atom stereocenters. The normalized spacial score (nSPS) is 10.3. The second-order valence-electron chi connectivity index (χ2n) is 5.20. The van der Waals surface area contributed by atoms with Crippen molar-refractivity contribution < 1.29 is 14.3 Å². The average Bonchev–Trinajstić information content (AvgIpc) is 2.45. The van der Waals surface area contributed by atoms with E-state index in [0.717, 1.165) is 28.5 Å². The Kier molecular flexibility index (Phi) is 4.32. The van der Waals surface area contributed by atoms with Gasteiger partial charge in [-0.3, -0.25) is 4.79 Å². The fourth-order valence-electron chi connectivity index (χ4n) is 2.84. The van der Waals surface area contributed by atoms with E-state index in [4.69, 9.17) is 9.47 Å². The number of carbonyl (C=O) groups excluding carboxylic acids is 1. The zero-order valence-corrected chi connectivity index (χ0v) is 13.1. The van der Waals surface area contributed by atoms with E-state index in [1.54, 1.807) is 20.3 Å². The molecule has 110 valence electrons. The highest BCUT2D eigenvalue weighted by Gasteiger charge is 2.17. The zero-order valence-electron chi connectivity index (χ0n) is 13.1. The first kappa shape index (κ1) is 15.1. The molecule has 21 heavy (non-hydrogen) atoms. The number of hydrogen-bond acceptors (Lipinski definition) is 3. The number of ether oxygens (including phenoxy) is 2. The molecule has 0 saturated carbocycles. The van der Waals surface area contributed by atoms with Gasteiger partial charge in [-0.15, -0.1) is 0 Å². The molecule has 2 aromatic rings. The lowest BCUT2D eigenvalue weighted by Gasteiger charge is -2.17. The van der Waals surface area contributed by atoms with Gasteiger partial charge in [0.25, 0.3) is 0 Å². The van der Waals surface area contributed by atoms with Crippen molar-refractivity contribution in [3.63, 3.8) is 0 Å². The highest BCUT2D eigenvalue weighted by atomic mass is 16.5. The molecule has 3 nitrogen and oxygen atoms in total. The van der Waals surface area contributed by atoms with E-state index in [-0.39, 0.29) is 0 Å². The molecule has 0 unspecified atom stereocenters. The van der Waals surface area contributed by atoms with E-state index in [9.17, 15) is 4.79 Å².